The zero-order valence-corrected chi connectivity index (χ0v) is 7.05. The van der Waals surface area contributed by atoms with Crippen molar-refractivity contribution >= 4 is 0 Å². The SMILES string of the molecule is CN(C1CNC1)[C@@H]1CCOC1. The lowest BCUT2D eigenvalue weighted by Gasteiger charge is -2.38. The van der Waals surface area contributed by atoms with Gasteiger partial charge in [0.2, 0.25) is 0 Å². The second-order valence-electron chi connectivity index (χ2n) is 3.49. The van der Waals surface area contributed by atoms with E-state index >= 15 is 0 Å². The van der Waals surface area contributed by atoms with Crippen LogP contribution in [0.1, 0.15) is 6.42 Å². The van der Waals surface area contributed by atoms with Gasteiger partial charge in [0.25, 0.3) is 0 Å². The Balaban J connectivity index is 1.82. The second kappa shape index (κ2) is 3.09. The number of likely N-dealkylation sites (N-methyl/N-ethyl adjacent to an activating group) is 1. The maximum absolute atomic E-state index is 5.33. The molecule has 2 saturated heterocycles. The minimum atomic E-state index is 0.682. The van der Waals surface area contributed by atoms with E-state index in [0.717, 1.165) is 32.3 Å². The molecule has 2 aliphatic rings. The van der Waals surface area contributed by atoms with Gasteiger partial charge in [0, 0.05) is 31.8 Å². The van der Waals surface area contributed by atoms with Crippen LogP contribution in [0.25, 0.3) is 0 Å². The molecular weight excluding hydrogens is 140 g/mol. The van der Waals surface area contributed by atoms with Crippen molar-refractivity contribution in [2.45, 2.75) is 18.5 Å². The monoisotopic (exact) mass is 156 g/mol. The standard InChI is InChI=1S/C8H16N2O/c1-10(8-4-9-5-8)7-2-3-11-6-7/h7-9H,2-6H2,1H3/t7-/m1/s1. The molecule has 2 rings (SSSR count). The molecule has 0 aromatic heterocycles. The van der Waals surface area contributed by atoms with Gasteiger partial charge in [0.05, 0.1) is 6.61 Å². The normalized spacial score (nSPS) is 32.7. The Morgan fingerprint density at radius 3 is 2.64 bits per heavy atom. The molecule has 2 aliphatic heterocycles. The van der Waals surface area contributed by atoms with Gasteiger partial charge in [-0.3, -0.25) is 4.90 Å². The highest BCUT2D eigenvalue weighted by Gasteiger charge is 2.29. The quantitative estimate of drug-likeness (QED) is 0.593. The first-order valence-corrected chi connectivity index (χ1v) is 4.38. The summed E-state index contributed by atoms with van der Waals surface area (Å²) in [5.41, 5.74) is 0. The third kappa shape index (κ3) is 1.41. The van der Waals surface area contributed by atoms with Crippen molar-refractivity contribution in [3.63, 3.8) is 0 Å². The van der Waals surface area contributed by atoms with E-state index < -0.39 is 0 Å². The molecule has 0 unspecified atom stereocenters. The average molecular weight is 156 g/mol. The van der Waals surface area contributed by atoms with Crippen LogP contribution in [-0.4, -0.2) is 50.3 Å². The molecule has 0 aromatic rings. The van der Waals surface area contributed by atoms with Crippen LogP contribution in [-0.2, 0) is 4.74 Å². The highest BCUT2D eigenvalue weighted by molar-refractivity contribution is 4.87. The maximum atomic E-state index is 5.33. The van der Waals surface area contributed by atoms with E-state index in [1.807, 2.05) is 0 Å². The van der Waals surface area contributed by atoms with E-state index in [0.29, 0.717) is 6.04 Å². The van der Waals surface area contributed by atoms with Gasteiger partial charge in [0.1, 0.15) is 0 Å². The maximum Gasteiger partial charge on any atom is 0.0622 e. The van der Waals surface area contributed by atoms with Crippen LogP contribution in [0.15, 0.2) is 0 Å². The first-order valence-electron chi connectivity index (χ1n) is 4.38. The molecule has 64 valence electrons. The molecule has 0 radical (unpaired) electrons. The summed E-state index contributed by atoms with van der Waals surface area (Å²) in [4.78, 5) is 2.46. The van der Waals surface area contributed by atoms with E-state index in [1.165, 1.54) is 6.42 Å². The Hall–Kier alpha value is -0.120. The third-order valence-electron chi connectivity index (χ3n) is 2.82. The minimum absolute atomic E-state index is 0.682. The van der Waals surface area contributed by atoms with E-state index in [4.69, 9.17) is 4.74 Å². The van der Waals surface area contributed by atoms with E-state index in [9.17, 15) is 0 Å². The van der Waals surface area contributed by atoms with Crippen molar-refractivity contribution in [3.8, 4) is 0 Å². The zero-order valence-electron chi connectivity index (χ0n) is 7.05. The van der Waals surface area contributed by atoms with E-state index in [2.05, 4.69) is 17.3 Å². The van der Waals surface area contributed by atoms with Crippen LogP contribution in [0.5, 0.6) is 0 Å². The Morgan fingerprint density at radius 1 is 1.36 bits per heavy atom. The van der Waals surface area contributed by atoms with Gasteiger partial charge in [-0.1, -0.05) is 0 Å². The largest absolute Gasteiger partial charge is 0.380 e. The van der Waals surface area contributed by atoms with Gasteiger partial charge in [0.15, 0.2) is 0 Å². The summed E-state index contributed by atoms with van der Waals surface area (Å²) in [6, 6.07) is 1.45. The summed E-state index contributed by atoms with van der Waals surface area (Å²) >= 11 is 0. The summed E-state index contributed by atoms with van der Waals surface area (Å²) in [6.07, 6.45) is 1.22. The van der Waals surface area contributed by atoms with Gasteiger partial charge in [-0.25, -0.2) is 0 Å². The Bertz CT molecular complexity index is 130. The Kier molecular flexibility index (Phi) is 2.11. The van der Waals surface area contributed by atoms with Crippen LogP contribution in [0, 0.1) is 0 Å². The molecular formula is C8H16N2O. The molecule has 0 spiro atoms. The van der Waals surface area contributed by atoms with Gasteiger partial charge >= 0.3 is 0 Å². The summed E-state index contributed by atoms with van der Waals surface area (Å²) in [5.74, 6) is 0. The highest BCUT2D eigenvalue weighted by Crippen LogP contribution is 2.14. The minimum Gasteiger partial charge on any atom is -0.380 e. The molecule has 0 amide bonds. The molecule has 1 N–H and O–H groups in total. The number of rotatable bonds is 2. The van der Waals surface area contributed by atoms with Gasteiger partial charge in [-0.05, 0) is 13.5 Å². The predicted octanol–water partition coefficient (Wildman–Crippen LogP) is -0.321. The highest BCUT2D eigenvalue weighted by atomic mass is 16.5. The number of ether oxygens (including phenoxy) is 1. The fraction of sp³-hybridized carbons (Fsp3) is 1.00. The second-order valence-corrected chi connectivity index (χ2v) is 3.49. The molecule has 0 saturated carbocycles. The van der Waals surface area contributed by atoms with Crippen molar-refractivity contribution in [2.24, 2.45) is 0 Å². The molecule has 0 aliphatic carbocycles. The first kappa shape index (κ1) is 7.53. The van der Waals surface area contributed by atoms with Crippen LogP contribution >= 0.6 is 0 Å². The number of hydrogen-bond donors (Lipinski definition) is 1. The smallest absolute Gasteiger partial charge is 0.0622 e. The summed E-state index contributed by atoms with van der Waals surface area (Å²) in [6.45, 7) is 4.21. The molecule has 11 heavy (non-hydrogen) atoms. The average Bonchev–Trinajstić information content (AvgIpc) is 2.32. The molecule has 0 bridgehead atoms. The van der Waals surface area contributed by atoms with E-state index in [-0.39, 0.29) is 0 Å². The predicted molar refractivity (Wildman–Crippen MR) is 43.6 cm³/mol. The molecule has 3 nitrogen and oxygen atoms in total. The van der Waals surface area contributed by atoms with Crippen molar-refractivity contribution < 1.29 is 4.74 Å². The lowest BCUT2D eigenvalue weighted by molar-refractivity contribution is 0.106. The van der Waals surface area contributed by atoms with Gasteiger partial charge in [-0.15, -0.1) is 0 Å². The zero-order chi connectivity index (χ0) is 7.68. The van der Waals surface area contributed by atoms with Crippen molar-refractivity contribution in [2.75, 3.05) is 33.4 Å². The van der Waals surface area contributed by atoms with Crippen molar-refractivity contribution in [3.05, 3.63) is 0 Å². The molecule has 1 atom stereocenters. The number of nitrogens with zero attached hydrogens (tertiary/aromatic N) is 1. The summed E-state index contributed by atoms with van der Waals surface area (Å²) in [5, 5.41) is 3.28. The molecule has 2 heterocycles. The number of nitrogens with one attached hydrogen (secondary N) is 1. The van der Waals surface area contributed by atoms with Crippen LogP contribution in [0.2, 0.25) is 0 Å². The van der Waals surface area contributed by atoms with Crippen molar-refractivity contribution in [1.82, 2.24) is 10.2 Å². The third-order valence-corrected chi connectivity index (χ3v) is 2.82. The van der Waals surface area contributed by atoms with E-state index in [1.54, 1.807) is 0 Å². The van der Waals surface area contributed by atoms with Gasteiger partial charge < -0.3 is 10.1 Å². The van der Waals surface area contributed by atoms with Crippen LogP contribution in [0.3, 0.4) is 0 Å². The Labute approximate surface area is 67.7 Å². The first-order chi connectivity index (χ1) is 5.38. The number of hydrogen-bond acceptors (Lipinski definition) is 3. The molecule has 2 fully saturated rings. The molecule has 0 aromatic carbocycles. The van der Waals surface area contributed by atoms with Crippen LogP contribution in [0.4, 0.5) is 0 Å². The summed E-state index contributed by atoms with van der Waals surface area (Å²) < 4.78 is 5.33. The topological polar surface area (TPSA) is 24.5 Å². The van der Waals surface area contributed by atoms with Gasteiger partial charge in [-0.2, -0.15) is 0 Å². The fourth-order valence-corrected chi connectivity index (χ4v) is 1.70. The van der Waals surface area contributed by atoms with Crippen molar-refractivity contribution in [1.29, 1.82) is 0 Å². The molecule has 3 heteroatoms. The lowest BCUT2D eigenvalue weighted by Crippen LogP contribution is -2.58. The van der Waals surface area contributed by atoms with Crippen LogP contribution < -0.4 is 5.32 Å². The lowest BCUT2D eigenvalue weighted by atomic mass is 10.1. The fourth-order valence-electron chi connectivity index (χ4n) is 1.70. The Morgan fingerprint density at radius 2 is 2.18 bits per heavy atom. The summed E-state index contributed by atoms with van der Waals surface area (Å²) in [7, 11) is 2.21.